The van der Waals surface area contributed by atoms with Gasteiger partial charge in [0.2, 0.25) is 0 Å². The van der Waals surface area contributed by atoms with Crippen LogP contribution >= 0.6 is 0 Å². The highest BCUT2D eigenvalue weighted by molar-refractivity contribution is 6.25. The van der Waals surface area contributed by atoms with E-state index in [4.69, 9.17) is 19.4 Å². The zero-order valence-corrected chi connectivity index (χ0v) is 27.2. The van der Waals surface area contributed by atoms with Crippen LogP contribution in [-0.2, 0) is 0 Å². The first kappa shape index (κ1) is 28.7. The Bertz CT molecular complexity index is 2690. The van der Waals surface area contributed by atoms with Crippen LogP contribution in [0.25, 0.3) is 43.6 Å². The molecule has 0 bridgehead atoms. The number of halogens is 2. The van der Waals surface area contributed by atoms with Gasteiger partial charge in [-0.1, -0.05) is 60.7 Å². The number of hydrogen-bond acceptors (Lipinski definition) is 6. The van der Waals surface area contributed by atoms with Crippen molar-refractivity contribution in [3.63, 3.8) is 0 Å². The Kier molecular flexibility index (Phi) is 5.93. The van der Waals surface area contributed by atoms with E-state index in [-0.39, 0.29) is 11.0 Å². The summed E-state index contributed by atoms with van der Waals surface area (Å²) in [6, 6.07) is 46.7. The smallest absolute Gasteiger partial charge is 0.161 e. The van der Waals surface area contributed by atoms with Crippen LogP contribution < -0.4 is 19.3 Å². The number of benzene rings is 8. The lowest BCUT2D eigenvalue weighted by molar-refractivity contribution is 0.477. The van der Waals surface area contributed by atoms with Crippen LogP contribution in [0, 0.1) is 11.6 Å². The summed E-state index contributed by atoms with van der Waals surface area (Å²) < 4.78 is 41.6. The van der Waals surface area contributed by atoms with E-state index < -0.39 is 11.6 Å². The standard InChI is InChI=1S/C44H24F2N4O2/c45-31-23-33-34(24-32(31)46)48-44-28-20-18-26(50-37-11-3-7-15-41(37)52-42-16-8-4-12-38(42)50)22-30(28)29-21-25(17-19-27(29)43(44)47-33)49-35-9-1-5-13-39(35)51-40-14-6-2-10-36(40)49/h1-24H. The molecule has 0 N–H and O–H groups in total. The van der Waals surface area contributed by atoms with Crippen molar-refractivity contribution in [2.24, 2.45) is 0 Å². The Morgan fingerprint density at radius 3 is 1.10 bits per heavy atom. The second kappa shape index (κ2) is 10.7. The molecule has 0 radical (unpaired) electrons. The van der Waals surface area contributed by atoms with E-state index in [9.17, 15) is 8.78 Å². The van der Waals surface area contributed by atoms with Gasteiger partial charge in [0.15, 0.2) is 34.6 Å². The van der Waals surface area contributed by atoms with E-state index in [1.807, 2.05) is 109 Å². The van der Waals surface area contributed by atoms with E-state index in [2.05, 4.69) is 34.1 Å². The molecule has 0 saturated heterocycles. The first-order chi connectivity index (χ1) is 25.6. The van der Waals surface area contributed by atoms with Gasteiger partial charge in [-0.25, -0.2) is 18.7 Å². The minimum absolute atomic E-state index is 0.283. The summed E-state index contributed by atoms with van der Waals surface area (Å²) >= 11 is 0. The Balaban J connectivity index is 1.23. The first-order valence-corrected chi connectivity index (χ1v) is 16.9. The highest BCUT2D eigenvalue weighted by Gasteiger charge is 2.28. The molecule has 52 heavy (non-hydrogen) atoms. The van der Waals surface area contributed by atoms with Crippen molar-refractivity contribution in [1.82, 2.24) is 9.97 Å². The number of nitrogens with zero attached hydrogens (tertiary/aromatic N) is 4. The van der Waals surface area contributed by atoms with E-state index in [0.717, 1.165) is 90.8 Å². The molecule has 0 amide bonds. The molecule has 6 nitrogen and oxygen atoms in total. The predicted molar refractivity (Wildman–Crippen MR) is 201 cm³/mol. The van der Waals surface area contributed by atoms with Crippen molar-refractivity contribution in [1.29, 1.82) is 0 Å². The molecule has 0 aliphatic carbocycles. The van der Waals surface area contributed by atoms with Gasteiger partial charge >= 0.3 is 0 Å². The minimum Gasteiger partial charge on any atom is -0.453 e. The lowest BCUT2D eigenvalue weighted by atomic mass is 9.97. The summed E-state index contributed by atoms with van der Waals surface area (Å²) in [5.74, 6) is 1.08. The fraction of sp³-hybridized carbons (Fsp3) is 0. The maximum atomic E-state index is 14.5. The molecular formula is C44H24F2N4O2. The second-order valence-electron chi connectivity index (χ2n) is 12.9. The highest BCUT2D eigenvalue weighted by Crippen LogP contribution is 2.53. The number of ether oxygens (including phenoxy) is 2. The molecule has 0 fully saturated rings. The van der Waals surface area contributed by atoms with Crippen molar-refractivity contribution in [3.8, 4) is 23.0 Å². The first-order valence-electron chi connectivity index (χ1n) is 16.9. The molecule has 246 valence electrons. The van der Waals surface area contributed by atoms with E-state index in [1.165, 1.54) is 0 Å². The van der Waals surface area contributed by atoms with Crippen LogP contribution in [0.1, 0.15) is 0 Å². The lowest BCUT2D eigenvalue weighted by Gasteiger charge is -2.33. The quantitative estimate of drug-likeness (QED) is 0.134. The fourth-order valence-electron chi connectivity index (χ4n) is 7.59. The summed E-state index contributed by atoms with van der Waals surface area (Å²) in [5.41, 5.74) is 7.27. The van der Waals surface area contributed by atoms with Crippen molar-refractivity contribution < 1.29 is 18.3 Å². The van der Waals surface area contributed by atoms with Gasteiger partial charge in [0.1, 0.15) is 0 Å². The summed E-state index contributed by atoms with van der Waals surface area (Å²) in [4.78, 5) is 14.2. The SMILES string of the molecule is Fc1cc2nc3c4ccc(N5c6ccccc6Oc6ccccc65)cc4c4cc(N5c6ccccc6Oc6ccccc65)ccc4c3nc2cc1F. The molecule has 0 atom stereocenters. The van der Waals surface area contributed by atoms with Gasteiger partial charge in [-0.3, -0.25) is 0 Å². The predicted octanol–water partition coefficient (Wildman–Crippen LogP) is 12.5. The molecule has 9 aromatic rings. The average Bonchev–Trinajstić information content (AvgIpc) is 3.18. The summed E-state index contributed by atoms with van der Waals surface area (Å²) in [6.45, 7) is 0. The molecule has 0 saturated carbocycles. The molecule has 0 unspecified atom stereocenters. The van der Waals surface area contributed by atoms with Crippen molar-refractivity contribution >= 4 is 77.7 Å². The number of aromatic nitrogens is 2. The third-order valence-electron chi connectivity index (χ3n) is 9.89. The molecule has 1 aromatic heterocycles. The molecular weight excluding hydrogens is 655 g/mol. The van der Waals surface area contributed by atoms with Crippen molar-refractivity contribution in [2.45, 2.75) is 0 Å². The third-order valence-corrected chi connectivity index (χ3v) is 9.89. The number of fused-ring (bicyclic) bond motifs is 11. The van der Waals surface area contributed by atoms with Gasteiger partial charge in [0.05, 0.1) is 44.8 Å². The number of rotatable bonds is 2. The summed E-state index contributed by atoms with van der Waals surface area (Å²) in [6.07, 6.45) is 0. The van der Waals surface area contributed by atoms with Gasteiger partial charge in [0, 0.05) is 34.3 Å². The Labute approximate surface area is 295 Å². The summed E-state index contributed by atoms with van der Waals surface area (Å²) in [7, 11) is 0. The van der Waals surface area contributed by atoms with Crippen LogP contribution in [0.3, 0.4) is 0 Å². The Morgan fingerprint density at radius 2 is 0.731 bits per heavy atom. The number of para-hydroxylation sites is 8. The molecule has 3 heterocycles. The fourth-order valence-corrected chi connectivity index (χ4v) is 7.59. The van der Waals surface area contributed by atoms with Crippen LogP contribution in [0.5, 0.6) is 23.0 Å². The van der Waals surface area contributed by atoms with Crippen LogP contribution in [0.2, 0.25) is 0 Å². The third kappa shape index (κ3) is 4.15. The normalized spacial score (nSPS) is 13.0. The highest BCUT2D eigenvalue weighted by atomic mass is 19.2. The molecule has 2 aliphatic heterocycles. The number of anilines is 6. The molecule has 2 aliphatic rings. The number of hydrogen-bond donors (Lipinski definition) is 0. The zero-order chi connectivity index (χ0) is 34.5. The largest absolute Gasteiger partial charge is 0.453 e. The topological polar surface area (TPSA) is 50.7 Å². The molecule has 11 rings (SSSR count). The van der Waals surface area contributed by atoms with E-state index in [1.54, 1.807) is 0 Å². The van der Waals surface area contributed by atoms with Crippen LogP contribution in [0.15, 0.2) is 146 Å². The second-order valence-corrected chi connectivity index (χ2v) is 12.9. The maximum Gasteiger partial charge on any atom is 0.161 e. The zero-order valence-electron chi connectivity index (χ0n) is 27.2. The maximum absolute atomic E-state index is 14.5. The average molecular weight is 679 g/mol. The van der Waals surface area contributed by atoms with E-state index >= 15 is 0 Å². The summed E-state index contributed by atoms with van der Waals surface area (Å²) in [5, 5.41) is 3.52. The van der Waals surface area contributed by atoms with Crippen molar-refractivity contribution in [3.05, 3.63) is 157 Å². The monoisotopic (exact) mass is 678 g/mol. The molecule has 8 aromatic carbocycles. The van der Waals surface area contributed by atoms with Gasteiger partial charge < -0.3 is 19.3 Å². The Hall–Kier alpha value is -7.06. The Morgan fingerprint density at radius 1 is 0.385 bits per heavy atom. The van der Waals surface area contributed by atoms with Gasteiger partial charge in [-0.15, -0.1) is 0 Å². The minimum atomic E-state index is -0.964. The molecule has 0 spiro atoms. The van der Waals surface area contributed by atoms with Crippen molar-refractivity contribution in [2.75, 3.05) is 9.80 Å². The van der Waals surface area contributed by atoms with E-state index in [0.29, 0.717) is 11.0 Å². The lowest BCUT2D eigenvalue weighted by Crippen LogP contribution is -2.16. The molecule has 8 heteroatoms. The van der Waals surface area contributed by atoms with Gasteiger partial charge in [-0.2, -0.15) is 0 Å². The van der Waals surface area contributed by atoms with Gasteiger partial charge in [-0.05, 0) is 83.6 Å². The van der Waals surface area contributed by atoms with Gasteiger partial charge in [0.25, 0.3) is 0 Å². The van der Waals surface area contributed by atoms with Crippen LogP contribution in [-0.4, -0.2) is 9.97 Å². The van der Waals surface area contributed by atoms with Crippen LogP contribution in [0.4, 0.5) is 42.9 Å².